The zero-order chi connectivity index (χ0) is 11.9. The van der Waals surface area contributed by atoms with Crippen LogP contribution in [0.4, 0.5) is 0 Å². The van der Waals surface area contributed by atoms with Gasteiger partial charge < -0.3 is 14.6 Å². The number of benzene rings is 1. The van der Waals surface area contributed by atoms with Gasteiger partial charge in [-0.1, -0.05) is 30.3 Å². The Kier molecular flexibility index (Phi) is 4.98. The van der Waals surface area contributed by atoms with Gasteiger partial charge in [0.2, 0.25) is 0 Å². The maximum atomic E-state index is 9.86. The van der Waals surface area contributed by atoms with E-state index in [1.54, 1.807) is 0 Å². The first-order valence-electron chi connectivity index (χ1n) is 6.30. The number of rotatable bonds is 6. The van der Waals surface area contributed by atoms with E-state index in [1.165, 1.54) is 5.56 Å². The van der Waals surface area contributed by atoms with Gasteiger partial charge in [0.1, 0.15) is 0 Å². The standard InChI is InChI=1S/C14H20O3/c15-13(8-9-14-16-10-11-17-14)7-6-12-4-2-1-3-5-12/h1-5,13-15H,6-11H2. The van der Waals surface area contributed by atoms with Crippen molar-refractivity contribution in [3.05, 3.63) is 35.9 Å². The molecule has 1 unspecified atom stereocenters. The molecule has 0 amide bonds. The summed E-state index contributed by atoms with van der Waals surface area (Å²) >= 11 is 0. The summed E-state index contributed by atoms with van der Waals surface area (Å²) in [5.41, 5.74) is 1.28. The topological polar surface area (TPSA) is 38.7 Å². The first-order valence-corrected chi connectivity index (χ1v) is 6.30. The number of aliphatic hydroxyl groups is 1. The largest absolute Gasteiger partial charge is 0.393 e. The van der Waals surface area contributed by atoms with Crippen molar-refractivity contribution in [1.29, 1.82) is 0 Å². The molecule has 0 aliphatic carbocycles. The first-order chi connectivity index (χ1) is 8.34. The summed E-state index contributed by atoms with van der Waals surface area (Å²) < 4.78 is 10.7. The van der Waals surface area contributed by atoms with Gasteiger partial charge in [-0.15, -0.1) is 0 Å². The average Bonchev–Trinajstić information content (AvgIpc) is 2.88. The summed E-state index contributed by atoms with van der Waals surface area (Å²) in [6.45, 7) is 1.37. The van der Waals surface area contributed by atoms with Gasteiger partial charge in [0.15, 0.2) is 6.29 Å². The summed E-state index contributed by atoms with van der Waals surface area (Å²) in [6, 6.07) is 10.3. The molecule has 0 bridgehead atoms. The predicted octanol–water partition coefficient (Wildman–Crippen LogP) is 2.13. The molecule has 1 fully saturated rings. The second-order valence-electron chi connectivity index (χ2n) is 4.43. The first kappa shape index (κ1) is 12.6. The zero-order valence-corrected chi connectivity index (χ0v) is 10.0. The fraction of sp³-hybridized carbons (Fsp3) is 0.571. The number of ether oxygens (including phenoxy) is 2. The van der Waals surface area contributed by atoms with Crippen LogP contribution >= 0.6 is 0 Å². The second kappa shape index (κ2) is 6.74. The third-order valence-electron chi connectivity index (χ3n) is 3.04. The molecule has 0 aromatic heterocycles. The quantitative estimate of drug-likeness (QED) is 0.822. The van der Waals surface area contributed by atoms with E-state index >= 15 is 0 Å². The van der Waals surface area contributed by atoms with E-state index in [2.05, 4.69) is 12.1 Å². The Bertz CT molecular complexity index is 307. The molecule has 17 heavy (non-hydrogen) atoms. The normalized spacial score (nSPS) is 18.4. The molecule has 94 valence electrons. The van der Waals surface area contributed by atoms with Crippen LogP contribution in [0.25, 0.3) is 0 Å². The predicted molar refractivity (Wildman–Crippen MR) is 65.7 cm³/mol. The number of aryl methyl sites for hydroxylation is 1. The molecule has 3 heteroatoms. The molecule has 0 spiro atoms. The van der Waals surface area contributed by atoms with Crippen LogP contribution in [0.3, 0.4) is 0 Å². The molecule has 1 N–H and O–H groups in total. The van der Waals surface area contributed by atoms with Crippen molar-refractivity contribution < 1.29 is 14.6 Å². The van der Waals surface area contributed by atoms with Crippen LogP contribution in [0.15, 0.2) is 30.3 Å². The zero-order valence-electron chi connectivity index (χ0n) is 10.0. The third kappa shape index (κ3) is 4.46. The van der Waals surface area contributed by atoms with E-state index in [0.29, 0.717) is 13.2 Å². The fourth-order valence-corrected chi connectivity index (χ4v) is 2.02. The second-order valence-corrected chi connectivity index (χ2v) is 4.43. The molecule has 1 atom stereocenters. The summed E-state index contributed by atoms with van der Waals surface area (Å²) in [5.74, 6) is 0. The number of hydrogen-bond donors (Lipinski definition) is 1. The van der Waals surface area contributed by atoms with E-state index in [1.807, 2.05) is 18.2 Å². The Morgan fingerprint density at radius 3 is 2.53 bits per heavy atom. The highest BCUT2D eigenvalue weighted by atomic mass is 16.7. The summed E-state index contributed by atoms with van der Waals surface area (Å²) in [4.78, 5) is 0. The van der Waals surface area contributed by atoms with Gasteiger partial charge in [-0.2, -0.15) is 0 Å². The van der Waals surface area contributed by atoms with E-state index < -0.39 is 0 Å². The van der Waals surface area contributed by atoms with Crippen LogP contribution in [0.5, 0.6) is 0 Å². The molecule has 1 aromatic carbocycles. The molecular formula is C14H20O3. The van der Waals surface area contributed by atoms with Gasteiger partial charge in [-0.05, 0) is 24.8 Å². The van der Waals surface area contributed by atoms with Gasteiger partial charge in [-0.3, -0.25) is 0 Å². The highest BCUT2D eigenvalue weighted by Crippen LogP contribution is 2.14. The minimum atomic E-state index is -0.261. The van der Waals surface area contributed by atoms with Crippen molar-refractivity contribution in [3.8, 4) is 0 Å². The van der Waals surface area contributed by atoms with Crippen LogP contribution in [0.1, 0.15) is 24.8 Å². The summed E-state index contributed by atoms with van der Waals surface area (Å²) in [5, 5.41) is 9.86. The number of hydrogen-bond acceptors (Lipinski definition) is 3. The van der Waals surface area contributed by atoms with Crippen molar-refractivity contribution in [1.82, 2.24) is 0 Å². The van der Waals surface area contributed by atoms with Crippen LogP contribution < -0.4 is 0 Å². The van der Waals surface area contributed by atoms with Crippen molar-refractivity contribution in [2.75, 3.05) is 13.2 Å². The number of aliphatic hydroxyl groups excluding tert-OH is 1. The van der Waals surface area contributed by atoms with Crippen LogP contribution in [0, 0.1) is 0 Å². The molecular weight excluding hydrogens is 216 g/mol. The van der Waals surface area contributed by atoms with Crippen LogP contribution in [-0.2, 0) is 15.9 Å². The third-order valence-corrected chi connectivity index (χ3v) is 3.04. The average molecular weight is 236 g/mol. The van der Waals surface area contributed by atoms with Crippen LogP contribution in [0.2, 0.25) is 0 Å². The molecule has 3 nitrogen and oxygen atoms in total. The summed E-state index contributed by atoms with van der Waals surface area (Å²) in [6.07, 6.45) is 2.91. The Balaban J connectivity index is 1.62. The van der Waals surface area contributed by atoms with E-state index in [4.69, 9.17) is 9.47 Å². The minimum absolute atomic E-state index is 0.0959. The van der Waals surface area contributed by atoms with Crippen molar-refractivity contribution in [3.63, 3.8) is 0 Å². The smallest absolute Gasteiger partial charge is 0.157 e. The van der Waals surface area contributed by atoms with Gasteiger partial charge in [0.25, 0.3) is 0 Å². The fourth-order valence-electron chi connectivity index (χ4n) is 2.02. The Hall–Kier alpha value is -0.900. The lowest BCUT2D eigenvalue weighted by Gasteiger charge is -2.13. The SMILES string of the molecule is OC(CCc1ccccc1)CCC1OCCO1. The van der Waals surface area contributed by atoms with Crippen LogP contribution in [-0.4, -0.2) is 30.7 Å². The lowest BCUT2D eigenvalue weighted by Crippen LogP contribution is -2.14. The Labute approximate surface area is 102 Å². The van der Waals surface area contributed by atoms with Gasteiger partial charge >= 0.3 is 0 Å². The maximum Gasteiger partial charge on any atom is 0.157 e. The molecule has 1 aliphatic heterocycles. The van der Waals surface area contributed by atoms with E-state index in [-0.39, 0.29) is 12.4 Å². The van der Waals surface area contributed by atoms with Gasteiger partial charge in [0.05, 0.1) is 19.3 Å². The molecule has 1 aromatic rings. The van der Waals surface area contributed by atoms with Crippen molar-refractivity contribution in [2.24, 2.45) is 0 Å². The van der Waals surface area contributed by atoms with E-state index in [0.717, 1.165) is 25.7 Å². The monoisotopic (exact) mass is 236 g/mol. The van der Waals surface area contributed by atoms with Crippen molar-refractivity contribution >= 4 is 0 Å². The molecule has 0 saturated carbocycles. The Morgan fingerprint density at radius 1 is 1.12 bits per heavy atom. The van der Waals surface area contributed by atoms with Gasteiger partial charge in [0, 0.05) is 6.42 Å². The minimum Gasteiger partial charge on any atom is -0.393 e. The Morgan fingerprint density at radius 2 is 1.82 bits per heavy atom. The molecule has 1 aliphatic rings. The van der Waals surface area contributed by atoms with Crippen molar-refractivity contribution in [2.45, 2.75) is 38.1 Å². The van der Waals surface area contributed by atoms with E-state index in [9.17, 15) is 5.11 Å². The molecule has 0 radical (unpaired) electrons. The van der Waals surface area contributed by atoms with Gasteiger partial charge in [-0.25, -0.2) is 0 Å². The molecule has 1 saturated heterocycles. The molecule has 1 heterocycles. The maximum absolute atomic E-state index is 9.86. The summed E-state index contributed by atoms with van der Waals surface area (Å²) in [7, 11) is 0. The lowest BCUT2D eigenvalue weighted by molar-refractivity contribution is -0.0543. The highest BCUT2D eigenvalue weighted by molar-refractivity contribution is 5.14. The highest BCUT2D eigenvalue weighted by Gasteiger charge is 2.17. The lowest BCUT2D eigenvalue weighted by atomic mass is 10.0. The molecule has 2 rings (SSSR count).